The molecular weight excluding hydrogens is 326 g/mol. The fourth-order valence-corrected chi connectivity index (χ4v) is 4.31. The van der Waals surface area contributed by atoms with Crippen LogP contribution >= 0.6 is 0 Å². The van der Waals surface area contributed by atoms with Crippen molar-refractivity contribution < 1.29 is 14.6 Å². The number of nitrogens with zero attached hydrogens (tertiary/aromatic N) is 1. The van der Waals surface area contributed by atoms with Crippen molar-refractivity contribution in [1.29, 1.82) is 0 Å². The average molecular weight is 362 g/mol. The average Bonchev–Trinajstić information content (AvgIpc) is 2.61. The monoisotopic (exact) mass is 361 g/mol. The summed E-state index contributed by atoms with van der Waals surface area (Å²) in [7, 11) is 1.71. The van der Waals surface area contributed by atoms with Gasteiger partial charge < -0.3 is 9.84 Å². The molecule has 0 saturated heterocycles. The van der Waals surface area contributed by atoms with Crippen LogP contribution in [0.2, 0.25) is 0 Å². The van der Waals surface area contributed by atoms with Crippen LogP contribution in [-0.2, 0) is 21.4 Å². The molecule has 26 heavy (non-hydrogen) atoms. The predicted octanol–water partition coefficient (Wildman–Crippen LogP) is 4.26. The number of carbonyl (C=O) groups is 1. The van der Waals surface area contributed by atoms with E-state index in [1.165, 1.54) is 5.56 Å². The van der Waals surface area contributed by atoms with Gasteiger partial charge in [-0.1, -0.05) is 24.3 Å². The van der Waals surface area contributed by atoms with Gasteiger partial charge in [0.15, 0.2) is 0 Å². The Morgan fingerprint density at radius 2 is 1.69 bits per heavy atom. The van der Waals surface area contributed by atoms with Crippen molar-refractivity contribution in [2.24, 2.45) is 0 Å². The Morgan fingerprint density at radius 1 is 1.15 bits per heavy atom. The van der Waals surface area contributed by atoms with Gasteiger partial charge in [0.2, 0.25) is 0 Å². The summed E-state index contributed by atoms with van der Waals surface area (Å²) >= 11 is 0. The van der Waals surface area contributed by atoms with Gasteiger partial charge in [-0.15, -0.1) is 0 Å². The van der Waals surface area contributed by atoms with Crippen LogP contribution in [0.4, 0.5) is 0 Å². The summed E-state index contributed by atoms with van der Waals surface area (Å²) in [4.78, 5) is 14.6. The van der Waals surface area contributed by atoms with E-state index in [0.717, 1.165) is 31.4 Å². The minimum atomic E-state index is -0.755. The lowest BCUT2D eigenvalue weighted by Crippen LogP contribution is -2.41. The molecule has 0 radical (unpaired) electrons. The maximum absolute atomic E-state index is 12.1. The SMILES string of the molecule is COC1CCC(C(=O)O)(c2ccc(CCN(C(C)C)C(C)C)cc2)CC1. The minimum Gasteiger partial charge on any atom is -0.481 e. The van der Waals surface area contributed by atoms with Gasteiger partial charge >= 0.3 is 5.97 Å². The first-order chi connectivity index (χ1) is 12.3. The Hall–Kier alpha value is -1.39. The van der Waals surface area contributed by atoms with Crippen molar-refractivity contribution in [3.63, 3.8) is 0 Å². The van der Waals surface area contributed by atoms with E-state index < -0.39 is 11.4 Å². The van der Waals surface area contributed by atoms with Crippen LogP contribution in [0.5, 0.6) is 0 Å². The summed E-state index contributed by atoms with van der Waals surface area (Å²) in [6.07, 6.45) is 4.09. The van der Waals surface area contributed by atoms with E-state index in [9.17, 15) is 9.90 Å². The number of hydrogen-bond donors (Lipinski definition) is 1. The zero-order chi connectivity index (χ0) is 19.3. The summed E-state index contributed by atoms with van der Waals surface area (Å²) in [6, 6.07) is 9.35. The number of carboxylic acid groups (broad SMARTS) is 1. The van der Waals surface area contributed by atoms with Gasteiger partial charge in [-0.25, -0.2) is 0 Å². The van der Waals surface area contributed by atoms with Crippen LogP contribution in [0.15, 0.2) is 24.3 Å². The summed E-state index contributed by atoms with van der Waals surface area (Å²) in [5, 5.41) is 9.92. The molecule has 1 aliphatic rings. The topological polar surface area (TPSA) is 49.8 Å². The molecule has 1 aliphatic carbocycles. The van der Waals surface area contributed by atoms with Gasteiger partial charge in [-0.3, -0.25) is 9.69 Å². The molecule has 0 aliphatic heterocycles. The normalized spacial score (nSPS) is 23.8. The highest BCUT2D eigenvalue weighted by Gasteiger charge is 2.43. The Kier molecular flexibility index (Phi) is 7.24. The van der Waals surface area contributed by atoms with Crippen LogP contribution in [0.1, 0.15) is 64.5 Å². The van der Waals surface area contributed by atoms with E-state index in [4.69, 9.17) is 4.74 Å². The third-order valence-electron chi connectivity index (χ3n) is 6.02. The number of aliphatic carboxylic acids is 1. The van der Waals surface area contributed by atoms with Gasteiger partial charge in [0.05, 0.1) is 11.5 Å². The van der Waals surface area contributed by atoms with Crippen molar-refractivity contribution >= 4 is 5.97 Å². The molecule has 2 rings (SSSR count). The summed E-state index contributed by atoms with van der Waals surface area (Å²) in [5.41, 5.74) is 1.45. The number of hydrogen-bond acceptors (Lipinski definition) is 3. The van der Waals surface area contributed by atoms with Crippen molar-refractivity contribution in [3.05, 3.63) is 35.4 Å². The minimum absolute atomic E-state index is 0.194. The second-order valence-electron chi connectivity index (χ2n) is 8.19. The highest BCUT2D eigenvalue weighted by molar-refractivity contribution is 5.81. The van der Waals surface area contributed by atoms with Crippen LogP contribution in [-0.4, -0.2) is 47.8 Å². The zero-order valence-electron chi connectivity index (χ0n) is 17.0. The van der Waals surface area contributed by atoms with Gasteiger partial charge in [-0.05, 0) is 70.9 Å². The van der Waals surface area contributed by atoms with E-state index in [2.05, 4.69) is 44.7 Å². The number of methoxy groups -OCH3 is 1. The van der Waals surface area contributed by atoms with Crippen molar-refractivity contribution in [1.82, 2.24) is 4.90 Å². The van der Waals surface area contributed by atoms with Crippen molar-refractivity contribution in [2.75, 3.05) is 13.7 Å². The van der Waals surface area contributed by atoms with Crippen LogP contribution in [0.25, 0.3) is 0 Å². The van der Waals surface area contributed by atoms with Gasteiger partial charge in [0, 0.05) is 25.7 Å². The fourth-order valence-electron chi connectivity index (χ4n) is 4.31. The molecule has 0 unspecified atom stereocenters. The maximum atomic E-state index is 12.1. The first-order valence-corrected chi connectivity index (χ1v) is 9.91. The molecule has 4 nitrogen and oxygen atoms in total. The lowest BCUT2D eigenvalue weighted by atomic mass is 9.68. The molecule has 1 aromatic carbocycles. The first kappa shape index (κ1) is 20.9. The summed E-state index contributed by atoms with van der Waals surface area (Å²) < 4.78 is 5.41. The molecule has 1 aromatic rings. The van der Waals surface area contributed by atoms with E-state index in [-0.39, 0.29) is 6.10 Å². The molecule has 0 aromatic heterocycles. The van der Waals surface area contributed by atoms with Crippen LogP contribution in [0, 0.1) is 0 Å². The highest BCUT2D eigenvalue weighted by atomic mass is 16.5. The number of rotatable bonds is 8. The van der Waals surface area contributed by atoms with E-state index in [1.54, 1.807) is 7.11 Å². The first-order valence-electron chi connectivity index (χ1n) is 9.91. The molecule has 0 spiro atoms. The largest absolute Gasteiger partial charge is 0.481 e. The fraction of sp³-hybridized carbons (Fsp3) is 0.682. The third kappa shape index (κ3) is 4.66. The standard InChI is InChI=1S/C22H35NO3/c1-16(2)23(17(3)4)15-12-18-6-8-19(9-7-18)22(21(24)25)13-10-20(26-5)11-14-22/h6-9,16-17,20H,10-15H2,1-5H3,(H,24,25). The molecule has 0 bridgehead atoms. The number of ether oxygens (including phenoxy) is 1. The molecular formula is C22H35NO3. The van der Waals surface area contributed by atoms with Gasteiger partial charge in [0.1, 0.15) is 0 Å². The molecule has 4 heteroatoms. The number of carboxylic acids is 1. The van der Waals surface area contributed by atoms with E-state index in [1.807, 2.05) is 12.1 Å². The molecule has 0 heterocycles. The molecule has 0 amide bonds. The number of benzene rings is 1. The maximum Gasteiger partial charge on any atom is 0.314 e. The smallest absolute Gasteiger partial charge is 0.314 e. The van der Waals surface area contributed by atoms with Crippen molar-refractivity contribution in [3.8, 4) is 0 Å². The Balaban J connectivity index is 2.08. The van der Waals surface area contributed by atoms with Crippen LogP contribution < -0.4 is 0 Å². The zero-order valence-corrected chi connectivity index (χ0v) is 17.0. The lowest BCUT2D eigenvalue weighted by molar-refractivity contribution is -0.146. The third-order valence-corrected chi connectivity index (χ3v) is 6.02. The lowest BCUT2D eigenvalue weighted by Gasteiger charge is -2.36. The quantitative estimate of drug-likeness (QED) is 0.752. The molecule has 0 atom stereocenters. The molecule has 1 fully saturated rings. The molecule has 1 N–H and O–H groups in total. The van der Waals surface area contributed by atoms with Gasteiger partial charge in [-0.2, -0.15) is 0 Å². The second-order valence-corrected chi connectivity index (χ2v) is 8.19. The van der Waals surface area contributed by atoms with E-state index in [0.29, 0.717) is 24.9 Å². The Morgan fingerprint density at radius 3 is 2.12 bits per heavy atom. The Bertz CT molecular complexity index is 564. The Labute approximate surface area is 158 Å². The van der Waals surface area contributed by atoms with E-state index >= 15 is 0 Å². The van der Waals surface area contributed by atoms with Gasteiger partial charge in [0.25, 0.3) is 0 Å². The molecule has 1 saturated carbocycles. The van der Waals surface area contributed by atoms with Crippen LogP contribution in [0.3, 0.4) is 0 Å². The molecule has 146 valence electrons. The predicted molar refractivity (Wildman–Crippen MR) is 106 cm³/mol. The van der Waals surface area contributed by atoms with Crippen molar-refractivity contribution in [2.45, 2.75) is 83.4 Å². The second kappa shape index (κ2) is 9.01. The summed E-state index contributed by atoms with van der Waals surface area (Å²) in [6.45, 7) is 9.95. The highest BCUT2D eigenvalue weighted by Crippen LogP contribution is 2.40. The summed E-state index contributed by atoms with van der Waals surface area (Å²) in [5.74, 6) is -0.703.